The summed E-state index contributed by atoms with van der Waals surface area (Å²) < 4.78 is 0. The van der Waals surface area contributed by atoms with Gasteiger partial charge in [0.25, 0.3) is 0 Å². The van der Waals surface area contributed by atoms with E-state index in [1.807, 2.05) is 0 Å². The minimum Gasteiger partial charge on any atom is -0.387 e. The summed E-state index contributed by atoms with van der Waals surface area (Å²) in [7, 11) is 0. The van der Waals surface area contributed by atoms with Crippen molar-refractivity contribution in [1.82, 2.24) is 0 Å². The molecule has 19 heavy (non-hydrogen) atoms. The van der Waals surface area contributed by atoms with Crippen LogP contribution < -0.4 is 0 Å². The Morgan fingerprint density at radius 1 is 0.579 bits per heavy atom. The van der Waals surface area contributed by atoms with Gasteiger partial charge in [0.05, 0.1) is 22.4 Å². The molecule has 1 fully saturated rings. The van der Waals surface area contributed by atoms with Crippen LogP contribution in [-0.2, 0) is 0 Å². The summed E-state index contributed by atoms with van der Waals surface area (Å²) >= 11 is 0. The third kappa shape index (κ3) is 2.23. The zero-order valence-electron chi connectivity index (χ0n) is 13.1. The van der Waals surface area contributed by atoms with Crippen molar-refractivity contribution >= 4 is 0 Å². The molecule has 4 heteroatoms. The zero-order valence-corrected chi connectivity index (χ0v) is 13.1. The Kier molecular flexibility index (Phi) is 3.93. The lowest BCUT2D eigenvalue weighted by Crippen LogP contribution is -2.71. The van der Waals surface area contributed by atoms with Gasteiger partial charge >= 0.3 is 0 Å². The van der Waals surface area contributed by atoms with Crippen molar-refractivity contribution < 1.29 is 20.4 Å². The number of hydrogen-bond acceptors (Lipinski definition) is 4. The van der Waals surface area contributed by atoms with E-state index >= 15 is 0 Å². The summed E-state index contributed by atoms with van der Waals surface area (Å²) in [6.07, 6.45) is 2.28. The number of aliphatic hydroxyl groups is 4. The summed E-state index contributed by atoms with van der Waals surface area (Å²) in [6.45, 7) is 9.68. The van der Waals surface area contributed by atoms with E-state index in [0.717, 1.165) is 0 Å². The molecule has 0 radical (unpaired) electrons. The highest BCUT2D eigenvalue weighted by atomic mass is 16.4. The van der Waals surface area contributed by atoms with Crippen molar-refractivity contribution in [2.75, 3.05) is 0 Å². The molecule has 1 aliphatic rings. The Balaban J connectivity index is 3.44. The lowest BCUT2D eigenvalue weighted by atomic mass is 9.55. The van der Waals surface area contributed by atoms with E-state index in [1.165, 1.54) is 0 Å². The van der Waals surface area contributed by atoms with Gasteiger partial charge in [-0.25, -0.2) is 0 Å². The molecule has 1 aliphatic carbocycles. The molecule has 1 rings (SSSR count). The minimum atomic E-state index is -1.53. The highest BCUT2D eigenvalue weighted by Gasteiger charge is 2.64. The predicted molar refractivity (Wildman–Crippen MR) is 74.7 cm³/mol. The van der Waals surface area contributed by atoms with Crippen molar-refractivity contribution in [2.45, 2.75) is 89.6 Å². The fraction of sp³-hybridized carbons (Fsp3) is 1.00. The van der Waals surface area contributed by atoms with Gasteiger partial charge in [0.2, 0.25) is 0 Å². The molecule has 0 aromatic rings. The van der Waals surface area contributed by atoms with Gasteiger partial charge in [-0.3, -0.25) is 0 Å². The van der Waals surface area contributed by atoms with Crippen molar-refractivity contribution in [1.29, 1.82) is 0 Å². The summed E-state index contributed by atoms with van der Waals surface area (Å²) in [5.74, 6) is 0. The van der Waals surface area contributed by atoms with Gasteiger partial charge < -0.3 is 20.4 Å². The molecule has 0 aliphatic heterocycles. The molecule has 0 saturated heterocycles. The highest BCUT2D eigenvalue weighted by molar-refractivity contribution is 5.15. The maximum atomic E-state index is 10.9. The summed E-state index contributed by atoms with van der Waals surface area (Å²) in [5.41, 5.74) is -6.78. The normalized spacial score (nSPS) is 52.1. The standard InChI is InChI=1S/C15H30O4/c1-11(2)14(5,18)12(3,16)9-7-8-10-13(4,17)15(11,6)19/h16-19H,7-10H2,1-6H3. The molecule has 4 nitrogen and oxygen atoms in total. The molecule has 0 heterocycles. The van der Waals surface area contributed by atoms with Crippen LogP contribution >= 0.6 is 0 Å². The van der Waals surface area contributed by atoms with E-state index in [9.17, 15) is 20.4 Å². The van der Waals surface area contributed by atoms with E-state index in [1.54, 1.807) is 41.5 Å². The first-order valence-electron chi connectivity index (χ1n) is 7.10. The van der Waals surface area contributed by atoms with Crippen LogP contribution in [0.5, 0.6) is 0 Å². The maximum absolute atomic E-state index is 10.9. The molecule has 1 saturated carbocycles. The van der Waals surface area contributed by atoms with Crippen LogP contribution in [0.25, 0.3) is 0 Å². The summed E-state index contributed by atoms with van der Waals surface area (Å²) in [6, 6.07) is 0. The van der Waals surface area contributed by atoms with Crippen LogP contribution in [-0.4, -0.2) is 42.8 Å². The lowest BCUT2D eigenvalue weighted by molar-refractivity contribution is -0.278. The second-order valence-corrected chi connectivity index (χ2v) is 7.52. The first kappa shape index (κ1) is 16.9. The highest BCUT2D eigenvalue weighted by Crippen LogP contribution is 2.53. The van der Waals surface area contributed by atoms with Crippen LogP contribution in [0.3, 0.4) is 0 Å². The Labute approximate surface area is 116 Å². The van der Waals surface area contributed by atoms with Crippen molar-refractivity contribution in [3.8, 4) is 0 Å². The molecule has 0 aromatic heterocycles. The Morgan fingerprint density at radius 3 is 1.11 bits per heavy atom. The van der Waals surface area contributed by atoms with Crippen molar-refractivity contribution in [3.05, 3.63) is 0 Å². The number of rotatable bonds is 0. The first-order valence-corrected chi connectivity index (χ1v) is 7.10. The topological polar surface area (TPSA) is 80.9 Å². The third-order valence-electron chi connectivity index (χ3n) is 6.11. The fourth-order valence-corrected chi connectivity index (χ4v) is 3.25. The van der Waals surface area contributed by atoms with Gasteiger partial charge in [-0.1, -0.05) is 26.7 Å². The molecule has 0 spiro atoms. The molecule has 114 valence electrons. The third-order valence-corrected chi connectivity index (χ3v) is 6.11. The van der Waals surface area contributed by atoms with E-state index in [0.29, 0.717) is 25.7 Å². The Bertz CT molecular complexity index is 308. The van der Waals surface area contributed by atoms with E-state index < -0.39 is 27.8 Å². The monoisotopic (exact) mass is 274 g/mol. The average molecular weight is 274 g/mol. The SMILES string of the molecule is CC1(O)CCCCC(C)(O)C(C)(O)C(C)(C)C1(C)O. The van der Waals surface area contributed by atoms with Gasteiger partial charge in [0.1, 0.15) is 0 Å². The number of hydrogen-bond donors (Lipinski definition) is 4. The molecule has 0 bridgehead atoms. The quantitative estimate of drug-likeness (QED) is 0.541. The smallest absolute Gasteiger partial charge is 0.0981 e. The van der Waals surface area contributed by atoms with Gasteiger partial charge in [-0.2, -0.15) is 0 Å². The van der Waals surface area contributed by atoms with Crippen LogP contribution in [0.15, 0.2) is 0 Å². The Hall–Kier alpha value is -0.160. The second-order valence-electron chi connectivity index (χ2n) is 7.52. The molecule has 4 atom stereocenters. The van der Waals surface area contributed by atoms with Crippen LogP contribution in [0.2, 0.25) is 0 Å². The van der Waals surface area contributed by atoms with Crippen molar-refractivity contribution in [3.63, 3.8) is 0 Å². The first-order chi connectivity index (χ1) is 8.21. The predicted octanol–water partition coefficient (Wildman–Crippen LogP) is 1.59. The molecule has 4 N–H and O–H groups in total. The van der Waals surface area contributed by atoms with Crippen LogP contribution in [0, 0.1) is 5.41 Å². The lowest BCUT2D eigenvalue weighted by Gasteiger charge is -2.58. The summed E-state index contributed by atoms with van der Waals surface area (Å²) in [5, 5.41) is 43.1. The molecule has 0 aromatic carbocycles. The maximum Gasteiger partial charge on any atom is 0.0981 e. The van der Waals surface area contributed by atoms with Gasteiger partial charge in [0, 0.05) is 5.41 Å². The molecular formula is C15H30O4. The van der Waals surface area contributed by atoms with Gasteiger partial charge in [-0.05, 0) is 40.5 Å². The molecule has 0 amide bonds. The minimum absolute atomic E-state index is 0.440. The molecular weight excluding hydrogens is 244 g/mol. The Morgan fingerprint density at radius 2 is 0.842 bits per heavy atom. The van der Waals surface area contributed by atoms with E-state index in [4.69, 9.17) is 0 Å². The second kappa shape index (κ2) is 4.42. The zero-order chi connectivity index (χ0) is 15.3. The van der Waals surface area contributed by atoms with E-state index in [-0.39, 0.29) is 0 Å². The van der Waals surface area contributed by atoms with Crippen LogP contribution in [0.1, 0.15) is 67.2 Å². The van der Waals surface area contributed by atoms with Crippen molar-refractivity contribution in [2.24, 2.45) is 5.41 Å². The van der Waals surface area contributed by atoms with Gasteiger partial charge in [0.15, 0.2) is 0 Å². The molecule has 4 unspecified atom stereocenters. The average Bonchev–Trinajstić information content (AvgIpc) is 2.23. The van der Waals surface area contributed by atoms with Crippen LogP contribution in [0.4, 0.5) is 0 Å². The fourth-order valence-electron chi connectivity index (χ4n) is 3.25. The largest absolute Gasteiger partial charge is 0.387 e. The van der Waals surface area contributed by atoms with E-state index in [2.05, 4.69) is 0 Å². The van der Waals surface area contributed by atoms with Gasteiger partial charge in [-0.15, -0.1) is 0 Å². The summed E-state index contributed by atoms with van der Waals surface area (Å²) in [4.78, 5) is 0.